The minimum Gasteiger partial charge on any atom is -0.466 e. The molecule has 0 aliphatic heterocycles. The van der Waals surface area contributed by atoms with Crippen LogP contribution in [0, 0.1) is 5.82 Å². The Balaban J connectivity index is 2.98. The standard InChI is InChI=1S/C11H11Br2FO2/c1-2-16-11(15)5-9-7(6-12)3-8(13)4-10(9)14/h3-4H,2,5-6H2,1H3. The lowest BCUT2D eigenvalue weighted by Gasteiger charge is -2.09. The van der Waals surface area contributed by atoms with E-state index in [-0.39, 0.29) is 6.42 Å². The van der Waals surface area contributed by atoms with E-state index in [1.165, 1.54) is 6.07 Å². The molecule has 16 heavy (non-hydrogen) atoms. The molecular formula is C11H11Br2FO2. The summed E-state index contributed by atoms with van der Waals surface area (Å²) in [6.07, 6.45) is -0.0338. The van der Waals surface area contributed by atoms with Gasteiger partial charge in [-0.15, -0.1) is 0 Å². The zero-order valence-corrected chi connectivity index (χ0v) is 11.9. The van der Waals surface area contributed by atoms with Crippen LogP contribution in [-0.2, 0) is 21.3 Å². The van der Waals surface area contributed by atoms with E-state index in [2.05, 4.69) is 31.9 Å². The third kappa shape index (κ3) is 3.56. The first-order valence-electron chi connectivity index (χ1n) is 4.76. The van der Waals surface area contributed by atoms with Gasteiger partial charge in [-0.05, 0) is 24.6 Å². The van der Waals surface area contributed by atoms with E-state index in [1.807, 2.05) is 0 Å². The van der Waals surface area contributed by atoms with E-state index < -0.39 is 11.8 Å². The Hall–Kier alpha value is -0.420. The summed E-state index contributed by atoms with van der Waals surface area (Å²) in [6, 6.07) is 3.13. The molecule has 0 atom stereocenters. The molecule has 0 aromatic heterocycles. The third-order valence-electron chi connectivity index (χ3n) is 2.02. The van der Waals surface area contributed by atoms with Gasteiger partial charge in [0.2, 0.25) is 0 Å². The maximum absolute atomic E-state index is 13.6. The number of rotatable bonds is 4. The van der Waals surface area contributed by atoms with Crippen LogP contribution in [0.3, 0.4) is 0 Å². The molecule has 0 N–H and O–H groups in total. The van der Waals surface area contributed by atoms with Gasteiger partial charge in [0.15, 0.2) is 0 Å². The topological polar surface area (TPSA) is 26.3 Å². The Bertz CT molecular complexity index is 394. The van der Waals surface area contributed by atoms with E-state index >= 15 is 0 Å². The molecule has 1 aromatic rings. The summed E-state index contributed by atoms with van der Waals surface area (Å²) in [7, 11) is 0. The molecule has 1 aromatic carbocycles. The largest absolute Gasteiger partial charge is 0.466 e. The number of hydrogen-bond acceptors (Lipinski definition) is 2. The van der Waals surface area contributed by atoms with Crippen LogP contribution in [0.4, 0.5) is 4.39 Å². The molecule has 5 heteroatoms. The quantitative estimate of drug-likeness (QED) is 0.610. The summed E-state index contributed by atoms with van der Waals surface area (Å²) in [4.78, 5) is 11.3. The molecule has 0 fully saturated rings. The molecule has 0 bridgehead atoms. The van der Waals surface area contributed by atoms with Gasteiger partial charge in [-0.1, -0.05) is 31.9 Å². The number of ether oxygens (including phenoxy) is 1. The van der Waals surface area contributed by atoms with Gasteiger partial charge in [-0.2, -0.15) is 0 Å². The van der Waals surface area contributed by atoms with Crippen LogP contribution >= 0.6 is 31.9 Å². The summed E-state index contributed by atoms with van der Waals surface area (Å²) in [5, 5.41) is 0.498. The van der Waals surface area contributed by atoms with Crippen molar-refractivity contribution in [3.05, 3.63) is 33.5 Å². The monoisotopic (exact) mass is 352 g/mol. The molecule has 0 spiro atoms. The van der Waals surface area contributed by atoms with Crippen molar-refractivity contribution >= 4 is 37.8 Å². The summed E-state index contributed by atoms with van der Waals surface area (Å²) in [6.45, 7) is 2.03. The normalized spacial score (nSPS) is 10.2. The van der Waals surface area contributed by atoms with E-state index in [9.17, 15) is 9.18 Å². The van der Waals surface area contributed by atoms with Gasteiger partial charge in [-0.25, -0.2) is 4.39 Å². The van der Waals surface area contributed by atoms with Gasteiger partial charge < -0.3 is 4.74 Å². The molecule has 0 heterocycles. The smallest absolute Gasteiger partial charge is 0.310 e. The van der Waals surface area contributed by atoms with Crippen LogP contribution < -0.4 is 0 Å². The number of hydrogen-bond donors (Lipinski definition) is 0. The summed E-state index contributed by atoms with van der Waals surface area (Å²) in [5.41, 5.74) is 1.14. The fourth-order valence-electron chi connectivity index (χ4n) is 1.33. The van der Waals surface area contributed by atoms with Crippen molar-refractivity contribution in [1.82, 2.24) is 0 Å². The second-order valence-corrected chi connectivity index (χ2v) is 4.62. The highest BCUT2D eigenvalue weighted by atomic mass is 79.9. The van der Waals surface area contributed by atoms with Gasteiger partial charge in [0.1, 0.15) is 5.82 Å². The lowest BCUT2D eigenvalue weighted by molar-refractivity contribution is -0.142. The van der Waals surface area contributed by atoms with Crippen LogP contribution in [0.1, 0.15) is 18.1 Å². The van der Waals surface area contributed by atoms with Crippen LogP contribution in [-0.4, -0.2) is 12.6 Å². The highest BCUT2D eigenvalue weighted by Gasteiger charge is 2.14. The van der Waals surface area contributed by atoms with Crippen LogP contribution in [0.25, 0.3) is 0 Å². The van der Waals surface area contributed by atoms with Crippen molar-refractivity contribution in [3.63, 3.8) is 0 Å². The third-order valence-corrected chi connectivity index (χ3v) is 3.08. The maximum atomic E-state index is 13.6. The Morgan fingerprint density at radius 1 is 1.50 bits per heavy atom. The number of carbonyl (C=O) groups excluding carboxylic acids is 1. The molecule has 0 saturated carbocycles. The molecule has 0 unspecified atom stereocenters. The SMILES string of the molecule is CCOC(=O)Cc1c(F)cc(Br)cc1CBr. The fourth-order valence-corrected chi connectivity index (χ4v) is 2.31. The minimum atomic E-state index is -0.411. The van der Waals surface area contributed by atoms with Crippen LogP contribution in [0.2, 0.25) is 0 Å². The van der Waals surface area contributed by atoms with Crippen molar-refractivity contribution in [2.75, 3.05) is 6.61 Å². The zero-order valence-electron chi connectivity index (χ0n) is 8.73. The number of esters is 1. The first-order chi connectivity index (χ1) is 7.58. The molecule has 0 amide bonds. The summed E-state index contributed by atoms with van der Waals surface area (Å²) < 4.78 is 19.1. The average molecular weight is 354 g/mol. The molecule has 0 aliphatic rings. The molecule has 0 radical (unpaired) electrons. The predicted octanol–water partition coefficient (Wildman–Crippen LogP) is 3.59. The Kier molecular flexibility index (Phi) is 5.41. The molecule has 1 rings (SSSR count). The van der Waals surface area contributed by atoms with Gasteiger partial charge in [-0.3, -0.25) is 4.79 Å². The molecule has 2 nitrogen and oxygen atoms in total. The maximum Gasteiger partial charge on any atom is 0.310 e. The van der Waals surface area contributed by atoms with Gasteiger partial charge >= 0.3 is 5.97 Å². The second-order valence-electron chi connectivity index (χ2n) is 3.14. The fraction of sp³-hybridized carbons (Fsp3) is 0.364. The molecule has 88 valence electrons. The molecular weight excluding hydrogens is 343 g/mol. The van der Waals surface area contributed by atoms with Gasteiger partial charge in [0, 0.05) is 15.4 Å². The average Bonchev–Trinajstić information content (AvgIpc) is 2.22. The van der Waals surface area contributed by atoms with Crippen molar-refractivity contribution in [1.29, 1.82) is 0 Å². The van der Waals surface area contributed by atoms with E-state index in [0.717, 1.165) is 5.56 Å². The predicted molar refractivity (Wildman–Crippen MR) is 67.1 cm³/mol. The Morgan fingerprint density at radius 3 is 2.75 bits per heavy atom. The molecule has 0 saturated heterocycles. The first-order valence-corrected chi connectivity index (χ1v) is 6.68. The lowest BCUT2D eigenvalue weighted by atomic mass is 10.1. The Morgan fingerprint density at radius 2 is 2.19 bits per heavy atom. The highest BCUT2D eigenvalue weighted by Crippen LogP contribution is 2.23. The van der Waals surface area contributed by atoms with Crippen molar-refractivity contribution in [2.24, 2.45) is 0 Å². The first kappa shape index (κ1) is 13.6. The number of halogens is 3. The minimum absolute atomic E-state index is 0.0338. The van der Waals surface area contributed by atoms with E-state index in [1.54, 1.807) is 13.0 Å². The number of alkyl halides is 1. The second kappa shape index (κ2) is 6.35. The zero-order chi connectivity index (χ0) is 12.1. The van der Waals surface area contributed by atoms with Gasteiger partial charge in [0.05, 0.1) is 13.0 Å². The summed E-state index contributed by atoms with van der Waals surface area (Å²) >= 11 is 6.47. The molecule has 0 aliphatic carbocycles. The van der Waals surface area contributed by atoms with Gasteiger partial charge in [0.25, 0.3) is 0 Å². The summed E-state index contributed by atoms with van der Waals surface area (Å²) in [5.74, 6) is -0.803. The van der Waals surface area contributed by atoms with Crippen molar-refractivity contribution < 1.29 is 13.9 Å². The van der Waals surface area contributed by atoms with Crippen LogP contribution in [0.5, 0.6) is 0 Å². The Labute approximate surface area is 110 Å². The lowest BCUT2D eigenvalue weighted by Crippen LogP contribution is -2.10. The van der Waals surface area contributed by atoms with Crippen molar-refractivity contribution in [3.8, 4) is 0 Å². The van der Waals surface area contributed by atoms with Crippen molar-refractivity contribution in [2.45, 2.75) is 18.7 Å². The van der Waals surface area contributed by atoms with E-state index in [4.69, 9.17) is 4.74 Å². The number of benzene rings is 1. The van der Waals surface area contributed by atoms with E-state index in [0.29, 0.717) is 22.0 Å². The highest BCUT2D eigenvalue weighted by molar-refractivity contribution is 9.10. The number of carbonyl (C=O) groups is 1. The van der Waals surface area contributed by atoms with Crippen LogP contribution in [0.15, 0.2) is 16.6 Å².